The number of alkyl halides is 2. The van der Waals surface area contributed by atoms with Crippen molar-refractivity contribution in [1.29, 1.82) is 0 Å². The molecule has 0 spiro atoms. The summed E-state index contributed by atoms with van der Waals surface area (Å²) >= 11 is 5.87. The van der Waals surface area contributed by atoms with Crippen molar-refractivity contribution in [2.75, 3.05) is 5.32 Å². The summed E-state index contributed by atoms with van der Waals surface area (Å²) in [6.07, 6.45) is 2.70. The van der Waals surface area contributed by atoms with Gasteiger partial charge in [-0.25, -0.2) is 8.78 Å². The van der Waals surface area contributed by atoms with Crippen molar-refractivity contribution < 1.29 is 13.6 Å². The van der Waals surface area contributed by atoms with E-state index in [0.29, 0.717) is 16.5 Å². The van der Waals surface area contributed by atoms with Crippen molar-refractivity contribution in [2.24, 2.45) is 5.92 Å². The molecule has 0 unspecified atom stereocenters. The van der Waals surface area contributed by atoms with Gasteiger partial charge in [-0.15, -0.1) is 0 Å². The molecule has 0 atom stereocenters. The standard InChI is InChI=1S/C18H20ClF2N3O/c1-11-5-7-14(8-6-11)24-10-15(16(23-24)17(20)21)22-18(25)12-3-2-4-13(19)9-12/h2-4,9-11,14,17H,5-8H2,1H3,(H,22,25). The SMILES string of the molecule is CC1CCC(n2cc(NC(=O)c3cccc(Cl)c3)c(C(F)F)n2)CC1. The number of hydrogen-bond acceptors (Lipinski definition) is 2. The summed E-state index contributed by atoms with van der Waals surface area (Å²) in [5.41, 5.74) is -0.0282. The average Bonchev–Trinajstić information content (AvgIpc) is 2.99. The highest BCUT2D eigenvalue weighted by Crippen LogP contribution is 2.34. The third kappa shape index (κ3) is 4.18. The lowest BCUT2D eigenvalue weighted by atomic mass is 9.87. The van der Waals surface area contributed by atoms with Crippen LogP contribution in [0.3, 0.4) is 0 Å². The first-order chi connectivity index (χ1) is 11.9. The number of anilines is 1. The van der Waals surface area contributed by atoms with E-state index < -0.39 is 18.0 Å². The average molecular weight is 368 g/mol. The summed E-state index contributed by atoms with van der Waals surface area (Å²) in [5.74, 6) is 0.171. The Labute approximate surface area is 150 Å². The minimum atomic E-state index is -2.75. The third-order valence-corrected chi connectivity index (χ3v) is 4.90. The number of halogens is 3. The van der Waals surface area contributed by atoms with Crippen molar-refractivity contribution in [2.45, 2.75) is 45.1 Å². The Morgan fingerprint density at radius 1 is 1.32 bits per heavy atom. The van der Waals surface area contributed by atoms with E-state index in [0.717, 1.165) is 25.7 Å². The van der Waals surface area contributed by atoms with Gasteiger partial charge in [-0.2, -0.15) is 5.10 Å². The Hall–Kier alpha value is -1.95. The molecule has 1 aliphatic rings. The van der Waals surface area contributed by atoms with Gasteiger partial charge in [0, 0.05) is 16.8 Å². The first-order valence-corrected chi connectivity index (χ1v) is 8.76. The van der Waals surface area contributed by atoms with Gasteiger partial charge in [-0.3, -0.25) is 9.48 Å². The zero-order valence-electron chi connectivity index (χ0n) is 13.9. The number of rotatable bonds is 4. The van der Waals surface area contributed by atoms with E-state index in [4.69, 9.17) is 11.6 Å². The number of nitrogens with zero attached hydrogens (tertiary/aromatic N) is 2. The third-order valence-electron chi connectivity index (χ3n) is 4.66. The highest BCUT2D eigenvalue weighted by atomic mass is 35.5. The number of carbonyl (C=O) groups is 1. The minimum absolute atomic E-state index is 0.0543. The fraction of sp³-hybridized carbons (Fsp3) is 0.444. The molecule has 0 saturated heterocycles. The Kier molecular flexibility index (Phi) is 5.37. The molecule has 134 valence electrons. The molecule has 1 heterocycles. The predicted octanol–water partition coefficient (Wildman–Crippen LogP) is 5.48. The maximum absolute atomic E-state index is 13.3. The van der Waals surface area contributed by atoms with Crippen LogP contribution in [0.4, 0.5) is 14.5 Å². The number of amides is 1. The molecular formula is C18H20ClF2N3O. The molecule has 7 heteroatoms. The van der Waals surface area contributed by atoms with Crippen LogP contribution in [0.5, 0.6) is 0 Å². The van der Waals surface area contributed by atoms with Gasteiger partial charge in [-0.05, 0) is 49.8 Å². The number of hydrogen-bond donors (Lipinski definition) is 1. The van der Waals surface area contributed by atoms with Gasteiger partial charge >= 0.3 is 0 Å². The molecule has 0 bridgehead atoms. The largest absolute Gasteiger partial charge is 0.319 e. The molecule has 1 saturated carbocycles. The number of carbonyl (C=O) groups excluding carboxylic acids is 1. The fourth-order valence-corrected chi connectivity index (χ4v) is 3.37. The van der Waals surface area contributed by atoms with Crippen molar-refractivity contribution in [3.05, 3.63) is 46.7 Å². The van der Waals surface area contributed by atoms with Gasteiger partial charge in [0.2, 0.25) is 0 Å². The lowest BCUT2D eigenvalue weighted by Crippen LogP contribution is -2.17. The van der Waals surface area contributed by atoms with E-state index in [1.807, 2.05) is 0 Å². The molecule has 1 amide bonds. The smallest absolute Gasteiger partial charge is 0.284 e. The topological polar surface area (TPSA) is 46.9 Å². The van der Waals surface area contributed by atoms with Crippen LogP contribution in [0.1, 0.15) is 61.1 Å². The van der Waals surface area contributed by atoms with E-state index >= 15 is 0 Å². The lowest BCUT2D eigenvalue weighted by molar-refractivity contribution is 0.102. The van der Waals surface area contributed by atoms with Crippen molar-refractivity contribution in [3.63, 3.8) is 0 Å². The summed E-state index contributed by atoms with van der Waals surface area (Å²) in [7, 11) is 0. The second-order valence-corrected chi connectivity index (χ2v) is 7.02. The quantitative estimate of drug-likeness (QED) is 0.778. The Morgan fingerprint density at radius 3 is 2.68 bits per heavy atom. The van der Waals surface area contributed by atoms with Crippen LogP contribution in [-0.4, -0.2) is 15.7 Å². The lowest BCUT2D eigenvalue weighted by Gasteiger charge is -2.26. The normalized spacial score (nSPS) is 20.7. The van der Waals surface area contributed by atoms with Crippen LogP contribution in [0.25, 0.3) is 0 Å². The summed E-state index contributed by atoms with van der Waals surface area (Å²) in [4.78, 5) is 12.3. The number of benzene rings is 1. The summed E-state index contributed by atoms with van der Waals surface area (Å²) < 4.78 is 28.3. The molecule has 2 aromatic rings. The number of aromatic nitrogens is 2. The van der Waals surface area contributed by atoms with E-state index in [-0.39, 0.29) is 11.7 Å². The molecule has 1 aromatic carbocycles. The highest BCUT2D eigenvalue weighted by Gasteiger charge is 2.25. The van der Waals surface area contributed by atoms with E-state index in [1.165, 1.54) is 12.3 Å². The molecular weight excluding hydrogens is 348 g/mol. The minimum Gasteiger partial charge on any atom is -0.319 e. The van der Waals surface area contributed by atoms with Crippen LogP contribution in [-0.2, 0) is 0 Å². The molecule has 1 aromatic heterocycles. The molecule has 1 N–H and O–H groups in total. The van der Waals surface area contributed by atoms with E-state index in [1.54, 1.807) is 22.9 Å². The van der Waals surface area contributed by atoms with Gasteiger partial charge in [0.15, 0.2) is 5.69 Å². The molecule has 0 radical (unpaired) electrons. The van der Waals surface area contributed by atoms with E-state index in [2.05, 4.69) is 17.3 Å². The fourth-order valence-electron chi connectivity index (χ4n) is 3.18. The Balaban J connectivity index is 1.81. The first kappa shape index (κ1) is 17.9. The molecule has 4 nitrogen and oxygen atoms in total. The molecule has 1 fully saturated rings. The van der Waals surface area contributed by atoms with Gasteiger partial charge in [-0.1, -0.05) is 24.6 Å². The Morgan fingerprint density at radius 2 is 2.04 bits per heavy atom. The maximum Gasteiger partial charge on any atom is 0.284 e. The van der Waals surface area contributed by atoms with Crippen LogP contribution in [0.15, 0.2) is 30.5 Å². The van der Waals surface area contributed by atoms with Gasteiger partial charge in [0.05, 0.1) is 11.7 Å². The monoisotopic (exact) mass is 367 g/mol. The molecule has 0 aliphatic heterocycles. The number of nitrogens with one attached hydrogen (secondary N) is 1. The zero-order valence-corrected chi connectivity index (χ0v) is 14.6. The highest BCUT2D eigenvalue weighted by molar-refractivity contribution is 6.31. The molecule has 3 rings (SSSR count). The maximum atomic E-state index is 13.3. The van der Waals surface area contributed by atoms with Crippen LogP contribution < -0.4 is 5.32 Å². The second kappa shape index (κ2) is 7.52. The zero-order chi connectivity index (χ0) is 18.0. The van der Waals surface area contributed by atoms with Gasteiger partial charge in [0.25, 0.3) is 12.3 Å². The van der Waals surface area contributed by atoms with Crippen molar-refractivity contribution in [3.8, 4) is 0 Å². The van der Waals surface area contributed by atoms with Gasteiger partial charge < -0.3 is 5.32 Å². The molecule has 1 aliphatic carbocycles. The molecule has 25 heavy (non-hydrogen) atoms. The first-order valence-electron chi connectivity index (χ1n) is 8.38. The van der Waals surface area contributed by atoms with E-state index in [9.17, 15) is 13.6 Å². The van der Waals surface area contributed by atoms with Crippen molar-refractivity contribution >= 4 is 23.2 Å². The predicted molar refractivity (Wildman–Crippen MR) is 93.3 cm³/mol. The summed E-state index contributed by atoms with van der Waals surface area (Å²) in [6.45, 7) is 2.19. The summed E-state index contributed by atoms with van der Waals surface area (Å²) in [6, 6.07) is 6.45. The van der Waals surface area contributed by atoms with Crippen molar-refractivity contribution in [1.82, 2.24) is 9.78 Å². The van der Waals surface area contributed by atoms with Crippen LogP contribution >= 0.6 is 11.6 Å². The van der Waals surface area contributed by atoms with Crippen LogP contribution in [0, 0.1) is 5.92 Å². The van der Waals surface area contributed by atoms with Crippen LogP contribution in [0.2, 0.25) is 5.02 Å². The Bertz CT molecular complexity index is 755. The second-order valence-electron chi connectivity index (χ2n) is 6.59. The summed E-state index contributed by atoms with van der Waals surface area (Å²) in [5, 5.41) is 7.00. The van der Waals surface area contributed by atoms with Gasteiger partial charge in [0.1, 0.15) is 0 Å².